The van der Waals surface area contributed by atoms with Crippen LogP contribution in [0.25, 0.3) is 0 Å². The van der Waals surface area contributed by atoms with Crippen molar-refractivity contribution in [3.8, 4) is 0 Å². The Morgan fingerprint density at radius 2 is 1.92 bits per heavy atom. The van der Waals surface area contributed by atoms with E-state index in [0.29, 0.717) is 25.4 Å². The molecule has 1 aromatic carbocycles. The number of aryl methyl sites for hydroxylation is 1. The molecule has 0 spiro atoms. The third-order valence-corrected chi connectivity index (χ3v) is 5.66. The molecule has 1 aromatic rings. The molecule has 3 rings (SSSR count). The molecule has 1 saturated heterocycles. The van der Waals surface area contributed by atoms with Gasteiger partial charge in [-0.2, -0.15) is 0 Å². The second kappa shape index (κ2) is 9.93. The van der Waals surface area contributed by atoms with Crippen LogP contribution in [-0.4, -0.2) is 42.4 Å². The van der Waals surface area contributed by atoms with Crippen molar-refractivity contribution in [2.24, 2.45) is 17.6 Å². The van der Waals surface area contributed by atoms with E-state index in [0.717, 1.165) is 38.6 Å². The summed E-state index contributed by atoms with van der Waals surface area (Å²) in [6, 6.07) is 10.2. The van der Waals surface area contributed by atoms with Crippen molar-refractivity contribution >= 4 is 24.2 Å². The van der Waals surface area contributed by atoms with E-state index in [1.54, 1.807) is 0 Å². The van der Waals surface area contributed by atoms with E-state index in [9.17, 15) is 9.59 Å². The van der Waals surface area contributed by atoms with Crippen LogP contribution in [0.4, 0.5) is 0 Å². The molecule has 5 nitrogen and oxygen atoms in total. The minimum Gasteiger partial charge on any atom is -0.351 e. The lowest BCUT2D eigenvalue weighted by Gasteiger charge is -2.21. The third-order valence-electron chi connectivity index (χ3n) is 5.66. The minimum absolute atomic E-state index is 0. The number of rotatable bonds is 6. The van der Waals surface area contributed by atoms with E-state index >= 15 is 0 Å². The number of nitrogens with one attached hydrogen (secondary N) is 1. The van der Waals surface area contributed by atoms with Crippen molar-refractivity contribution < 1.29 is 9.59 Å². The molecular formula is C20H30ClN3O2. The lowest BCUT2D eigenvalue weighted by molar-refractivity contribution is -0.131. The summed E-state index contributed by atoms with van der Waals surface area (Å²) < 4.78 is 0. The maximum atomic E-state index is 12.5. The fourth-order valence-corrected chi connectivity index (χ4v) is 4.13. The van der Waals surface area contributed by atoms with Crippen LogP contribution >= 0.6 is 12.4 Å². The highest BCUT2D eigenvalue weighted by Gasteiger charge is 2.34. The molecule has 6 heteroatoms. The van der Waals surface area contributed by atoms with Crippen LogP contribution in [0.2, 0.25) is 0 Å². The quantitative estimate of drug-likeness (QED) is 0.795. The molecule has 26 heavy (non-hydrogen) atoms. The molecule has 1 saturated carbocycles. The van der Waals surface area contributed by atoms with E-state index in [4.69, 9.17) is 5.73 Å². The van der Waals surface area contributed by atoms with Crippen LogP contribution in [0.1, 0.15) is 37.7 Å². The highest BCUT2D eigenvalue weighted by atomic mass is 35.5. The summed E-state index contributed by atoms with van der Waals surface area (Å²) in [5.41, 5.74) is 6.97. The number of nitrogens with zero attached hydrogens (tertiary/aromatic N) is 1. The van der Waals surface area contributed by atoms with E-state index in [1.165, 1.54) is 5.56 Å². The molecule has 1 unspecified atom stereocenters. The molecule has 0 radical (unpaired) electrons. The average Bonchev–Trinajstić information content (AvgIpc) is 3.29. The largest absolute Gasteiger partial charge is 0.351 e. The van der Waals surface area contributed by atoms with E-state index in [-0.39, 0.29) is 36.2 Å². The fourth-order valence-electron chi connectivity index (χ4n) is 4.13. The second-order valence-corrected chi connectivity index (χ2v) is 7.35. The lowest BCUT2D eigenvalue weighted by Crippen LogP contribution is -2.43. The highest BCUT2D eigenvalue weighted by molar-refractivity contribution is 5.85. The number of likely N-dealkylation sites (tertiary alicyclic amines) is 1. The van der Waals surface area contributed by atoms with Gasteiger partial charge in [0, 0.05) is 31.5 Å². The molecule has 1 heterocycles. The number of carbonyl (C=O) groups is 2. The predicted molar refractivity (Wildman–Crippen MR) is 105 cm³/mol. The maximum Gasteiger partial charge on any atom is 0.223 e. The van der Waals surface area contributed by atoms with E-state index in [2.05, 4.69) is 17.4 Å². The first-order valence-electron chi connectivity index (χ1n) is 9.49. The zero-order valence-electron chi connectivity index (χ0n) is 15.2. The van der Waals surface area contributed by atoms with Gasteiger partial charge in [-0.3, -0.25) is 9.59 Å². The fraction of sp³-hybridized carbons (Fsp3) is 0.600. The van der Waals surface area contributed by atoms with Crippen LogP contribution in [0.3, 0.4) is 0 Å². The van der Waals surface area contributed by atoms with Crippen LogP contribution < -0.4 is 11.1 Å². The van der Waals surface area contributed by atoms with Crippen molar-refractivity contribution in [3.63, 3.8) is 0 Å². The number of carbonyl (C=O) groups excluding carboxylic acids is 2. The number of halogens is 1. The molecule has 1 aliphatic heterocycles. The van der Waals surface area contributed by atoms with Crippen LogP contribution in [-0.2, 0) is 16.0 Å². The van der Waals surface area contributed by atoms with Gasteiger partial charge in [-0.05, 0) is 43.7 Å². The van der Waals surface area contributed by atoms with Crippen LogP contribution in [0, 0.1) is 11.8 Å². The molecule has 2 fully saturated rings. The summed E-state index contributed by atoms with van der Waals surface area (Å²) in [4.78, 5) is 26.8. The smallest absolute Gasteiger partial charge is 0.223 e. The second-order valence-electron chi connectivity index (χ2n) is 7.35. The Morgan fingerprint density at radius 1 is 1.15 bits per heavy atom. The summed E-state index contributed by atoms with van der Waals surface area (Å²) in [6.45, 7) is 1.97. The van der Waals surface area contributed by atoms with Gasteiger partial charge in [0.05, 0.1) is 0 Å². The van der Waals surface area contributed by atoms with Gasteiger partial charge in [0.15, 0.2) is 0 Å². The summed E-state index contributed by atoms with van der Waals surface area (Å²) in [6.07, 6.45) is 5.25. The summed E-state index contributed by atoms with van der Waals surface area (Å²) in [7, 11) is 0. The Bertz CT molecular complexity index is 596. The van der Waals surface area contributed by atoms with Gasteiger partial charge in [-0.1, -0.05) is 36.8 Å². The van der Waals surface area contributed by atoms with Gasteiger partial charge in [0.25, 0.3) is 0 Å². The lowest BCUT2D eigenvalue weighted by atomic mass is 9.95. The topological polar surface area (TPSA) is 75.4 Å². The Hall–Kier alpha value is -1.59. The van der Waals surface area contributed by atoms with Crippen molar-refractivity contribution in [1.29, 1.82) is 0 Å². The van der Waals surface area contributed by atoms with Crippen molar-refractivity contribution in [1.82, 2.24) is 10.2 Å². The number of hydrogen-bond donors (Lipinski definition) is 2. The average molecular weight is 380 g/mol. The number of hydrogen-bond acceptors (Lipinski definition) is 3. The first-order valence-corrected chi connectivity index (χ1v) is 9.49. The first-order chi connectivity index (χ1) is 12.2. The maximum absolute atomic E-state index is 12.5. The predicted octanol–water partition coefficient (Wildman–Crippen LogP) is 2.13. The molecule has 2 aliphatic rings. The normalized spacial score (nSPS) is 25.0. The van der Waals surface area contributed by atoms with Gasteiger partial charge < -0.3 is 16.0 Å². The molecule has 144 valence electrons. The third kappa shape index (κ3) is 5.21. The number of benzene rings is 1. The molecule has 3 atom stereocenters. The van der Waals surface area contributed by atoms with Crippen molar-refractivity contribution in [2.45, 2.75) is 44.6 Å². The summed E-state index contributed by atoms with van der Waals surface area (Å²) in [5.74, 6) is 0.704. The SMILES string of the molecule is Cl.NC[C@H]1CCC[C@H]1C(=O)NC1CCN(C(=O)CCc2ccccc2)C1. The Labute approximate surface area is 162 Å². The number of amides is 2. The Kier molecular flexibility index (Phi) is 7.91. The zero-order chi connectivity index (χ0) is 17.6. The van der Waals surface area contributed by atoms with Crippen molar-refractivity contribution in [2.75, 3.05) is 19.6 Å². The van der Waals surface area contributed by atoms with Crippen LogP contribution in [0.5, 0.6) is 0 Å². The van der Waals surface area contributed by atoms with Gasteiger partial charge in [-0.15, -0.1) is 12.4 Å². The van der Waals surface area contributed by atoms with Gasteiger partial charge >= 0.3 is 0 Å². The van der Waals surface area contributed by atoms with Crippen LogP contribution in [0.15, 0.2) is 30.3 Å². The summed E-state index contributed by atoms with van der Waals surface area (Å²) in [5, 5.41) is 3.16. The van der Waals surface area contributed by atoms with Gasteiger partial charge in [0.2, 0.25) is 11.8 Å². The molecule has 2 amide bonds. The summed E-state index contributed by atoms with van der Waals surface area (Å²) >= 11 is 0. The molecule has 0 aromatic heterocycles. The first kappa shape index (κ1) is 20.7. The molecule has 1 aliphatic carbocycles. The highest BCUT2D eigenvalue weighted by Crippen LogP contribution is 2.31. The van der Waals surface area contributed by atoms with E-state index < -0.39 is 0 Å². The molecular weight excluding hydrogens is 350 g/mol. The zero-order valence-corrected chi connectivity index (χ0v) is 16.0. The standard InChI is InChI=1S/C20H29N3O2.ClH/c21-13-16-7-4-8-18(16)20(25)22-17-11-12-23(14-17)19(24)10-9-15-5-2-1-3-6-15;/h1-3,5-6,16-18H,4,7-14,21H2,(H,22,25);1H/t16-,17?,18-;/m1./s1. The van der Waals surface area contributed by atoms with Crippen molar-refractivity contribution in [3.05, 3.63) is 35.9 Å². The Morgan fingerprint density at radius 3 is 2.65 bits per heavy atom. The number of nitrogens with two attached hydrogens (primary N) is 1. The minimum atomic E-state index is 0. The van der Waals surface area contributed by atoms with Gasteiger partial charge in [-0.25, -0.2) is 0 Å². The van der Waals surface area contributed by atoms with E-state index in [1.807, 2.05) is 23.1 Å². The van der Waals surface area contributed by atoms with Gasteiger partial charge in [0.1, 0.15) is 0 Å². The Balaban J connectivity index is 0.00000243. The monoisotopic (exact) mass is 379 g/mol. The molecule has 3 N–H and O–H groups in total. The molecule has 0 bridgehead atoms.